The zero-order valence-electron chi connectivity index (χ0n) is 12.4. The molecule has 1 atom stereocenters. The van der Waals surface area contributed by atoms with Gasteiger partial charge in [0, 0.05) is 10.0 Å². The van der Waals surface area contributed by atoms with Crippen molar-refractivity contribution in [2.24, 2.45) is 0 Å². The highest BCUT2D eigenvalue weighted by molar-refractivity contribution is 6.33. The minimum absolute atomic E-state index is 0.0353. The van der Waals surface area contributed by atoms with Gasteiger partial charge in [-0.2, -0.15) is 0 Å². The maximum Gasteiger partial charge on any atom is 0.120 e. The monoisotopic (exact) mass is 323 g/mol. The van der Waals surface area contributed by atoms with Gasteiger partial charge in [0.15, 0.2) is 0 Å². The Morgan fingerprint density at radius 2 is 1.81 bits per heavy atom. The van der Waals surface area contributed by atoms with Gasteiger partial charge in [0.1, 0.15) is 5.75 Å². The molecule has 2 aromatic carbocycles. The normalized spacial score (nSPS) is 12.5. The molecule has 1 unspecified atom stereocenters. The molecule has 2 aromatic rings. The van der Waals surface area contributed by atoms with Gasteiger partial charge in [-0.3, -0.25) is 0 Å². The number of ether oxygens (including phenoxy) is 1. The van der Waals surface area contributed by atoms with Crippen LogP contribution in [0.25, 0.3) is 0 Å². The van der Waals surface area contributed by atoms with E-state index in [0.29, 0.717) is 10.0 Å². The van der Waals surface area contributed by atoms with Gasteiger partial charge in [0.05, 0.1) is 12.1 Å². The van der Waals surface area contributed by atoms with Crippen LogP contribution in [-0.4, -0.2) is 13.2 Å². The molecule has 21 heavy (non-hydrogen) atoms. The molecule has 0 heterocycles. The number of hydrogen-bond donors (Lipinski definition) is 1. The zero-order chi connectivity index (χ0) is 15.4. The third-order valence-corrected chi connectivity index (χ3v) is 3.70. The lowest BCUT2D eigenvalue weighted by molar-refractivity contribution is 0.242. The minimum atomic E-state index is -0.0353. The van der Waals surface area contributed by atoms with Gasteiger partial charge >= 0.3 is 0 Å². The number of rotatable bonds is 5. The Bertz CT molecular complexity index is 613. The molecule has 0 bridgehead atoms. The summed E-state index contributed by atoms with van der Waals surface area (Å²) in [4.78, 5) is 0. The average molecular weight is 324 g/mol. The molecule has 0 aliphatic heterocycles. The summed E-state index contributed by atoms with van der Waals surface area (Å²) in [6, 6.07) is 13.5. The van der Waals surface area contributed by atoms with Crippen LogP contribution in [0.1, 0.15) is 31.0 Å². The first kappa shape index (κ1) is 16.2. The van der Waals surface area contributed by atoms with E-state index in [9.17, 15) is 0 Å². The van der Waals surface area contributed by atoms with E-state index in [1.54, 1.807) is 6.07 Å². The van der Waals surface area contributed by atoms with E-state index in [1.807, 2.05) is 57.3 Å². The van der Waals surface area contributed by atoms with Crippen molar-refractivity contribution >= 4 is 23.2 Å². The fourth-order valence-electron chi connectivity index (χ4n) is 2.28. The maximum atomic E-state index is 6.31. The molecular formula is C17H19Cl2NO. The van der Waals surface area contributed by atoms with Gasteiger partial charge in [-0.15, -0.1) is 0 Å². The lowest BCUT2D eigenvalue weighted by Gasteiger charge is -2.20. The Labute approximate surface area is 136 Å². The third-order valence-electron chi connectivity index (χ3n) is 3.12. The van der Waals surface area contributed by atoms with Crippen LogP contribution in [0, 0.1) is 0 Å². The van der Waals surface area contributed by atoms with Crippen LogP contribution >= 0.6 is 23.2 Å². The number of halogens is 2. The van der Waals surface area contributed by atoms with Crippen molar-refractivity contribution in [1.29, 1.82) is 0 Å². The summed E-state index contributed by atoms with van der Waals surface area (Å²) in [5, 5.41) is 4.64. The molecule has 0 radical (unpaired) electrons. The molecule has 0 saturated heterocycles. The summed E-state index contributed by atoms with van der Waals surface area (Å²) < 4.78 is 5.75. The van der Waals surface area contributed by atoms with E-state index < -0.39 is 0 Å². The predicted molar refractivity (Wildman–Crippen MR) is 89.6 cm³/mol. The Hall–Kier alpha value is -1.22. The van der Waals surface area contributed by atoms with Crippen LogP contribution in [0.4, 0.5) is 0 Å². The molecule has 4 heteroatoms. The van der Waals surface area contributed by atoms with Crippen LogP contribution in [0.5, 0.6) is 5.75 Å². The van der Waals surface area contributed by atoms with Crippen LogP contribution in [-0.2, 0) is 0 Å². The van der Waals surface area contributed by atoms with Gasteiger partial charge in [-0.25, -0.2) is 0 Å². The summed E-state index contributed by atoms with van der Waals surface area (Å²) in [7, 11) is 1.90. The van der Waals surface area contributed by atoms with Crippen molar-refractivity contribution in [3.8, 4) is 5.75 Å². The van der Waals surface area contributed by atoms with Crippen molar-refractivity contribution in [3.05, 3.63) is 63.6 Å². The predicted octanol–water partition coefficient (Wildman–Crippen LogP) is 5.09. The molecule has 0 aromatic heterocycles. The quantitative estimate of drug-likeness (QED) is 0.827. The first-order valence-electron chi connectivity index (χ1n) is 6.90. The van der Waals surface area contributed by atoms with E-state index in [4.69, 9.17) is 27.9 Å². The van der Waals surface area contributed by atoms with Crippen LogP contribution < -0.4 is 10.1 Å². The van der Waals surface area contributed by atoms with Crippen LogP contribution in [0.15, 0.2) is 42.5 Å². The van der Waals surface area contributed by atoms with Gasteiger partial charge in [0.2, 0.25) is 0 Å². The van der Waals surface area contributed by atoms with E-state index in [1.165, 1.54) is 0 Å². The zero-order valence-corrected chi connectivity index (χ0v) is 13.9. The lowest BCUT2D eigenvalue weighted by atomic mass is 9.98. The Balaban J connectivity index is 2.39. The number of hydrogen-bond acceptors (Lipinski definition) is 2. The van der Waals surface area contributed by atoms with Crippen LogP contribution in [0.3, 0.4) is 0 Å². The van der Waals surface area contributed by atoms with Crippen molar-refractivity contribution in [2.75, 3.05) is 7.05 Å². The molecule has 0 aliphatic rings. The second kappa shape index (κ2) is 7.17. The number of nitrogens with one attached hydrogen (secondary N) is 1. The highest BCUT2D eigenvalue weighted by Gasteiger charge is 2.16. The Morgan fingerprint density at radius 3 is 2.48 bits per heavy atom. The highest BCUT2D eigenvalue weighted by atomic mass is 35.5. The molecule has 112 valence electrons. The van der Waals surface area contributed by atoms with Crippen molar-refractivity contribution < 1.29 is 4.74 Å². The van der Waals surface area contributed by atoms with E-state index in [-0.39, 0.29) is 12.1 Å². The molecule has 2 rings (SSSR count). The van der Waals surface area contributed by atoms with E-state index in [0.717, 1.165) is 16.9 Å². The topological polar surface area (TPSA) is 21.3 Å². The van der Waals surface area contributed by atoms with Crippen LogP contribution in [0.2, 0.25) is 10.0 Å². The molecule has 0 fully saturated rings. The summed E-state index contributed by atoms with van der Waals surface area (Å²) in [5.41, 5.74) is 2.04. The molecule has 0 amide bonds. The van der Waals surface area contributed by atoms with E-state index in [2.05, 4.69) is 5.32 Å². The smallest absolute Gasteiger partial charge is 0.120 e. The Morgan fingerprint density at radius 1 is 1.05 bits per heavy atom. The van der Waals surface area contributed by atoms with Gasteiger partial charge < -0.3 is 10.1 Å². The average Bonchev–Trinajstić information content (AvgIpc) is 2.43. The first-order chi connectivity index (χ1) is 10.0. The molecule has 1 N–H and O–H groups in total. The molecule has 0 spiro atoms. The SMILES string of the molecule is CNC(c1cccc(OC(C)C)c1)c1cc(Cl)ccc1Cl. The molecule has 0 aliphatic carbocycles. The second-order valence-electron chi connectivity index (χ2n) is 5.13. The molecule has 2 nitrogen and oxygen atoms in total. The standard InChI is InChI=1S/C17H19Cl2NO/c1-11(2)21-14-6-4-5-12(9-14)17(20-3)15-10-13(18)7-8-16(15)19/h4-11,17,20H,1-3H3. The third kappa shape index (κ3) is 4.13. The molecular weight excluding hydrogens is 305 g/mol. The summed E-state index contributed by atoms with van der Waals surface area (Å²) in [5.74, 6) is 0.848. The van der Waals surface area contributed by atoms with Crippen molar-refractivity contribution in [1.82, 2.24) is 5.32 Å². The second-order valence-corrected chi connectivity index (χ2v) is 5.97. The highest BCUT2D eigenvalue weighted by Crippen LogP contribution is 2.31. The van der Waals surface area contributed by atoms with Gasteiger partial charge in [0.25, 0.3) is 0 Å². The largest absolute Gasteiger partial charge is 0.491 e. The molecule has 0 saturated carbocycles. The van der Waals surface area contributed by atoms with Crippen molar-refractivity contribution in [2.45, 2.75) is 26.0 Å². The Kier molecular flexibility index (Phi) is 5.51. The minimum Gasteiger partial charge on any atom is -0.491 e. The fraction of sp³-hybridized carbons (Fsp3) is 0.294. The van der Waals surface area contributed by atoms with Gasteiger partial charge in [-0.1, -0.05) is 35.3 Å². The number of benzene rings is 2. The van der Waals surface area contributed by atoms with Gasteiger partial charge in [-0.05, 0) is 62.4 Å². The maximum absolute atomic E-state index is 6.31. The van der Waals surface area contributed by atoms with Crippen molar-refractivity contribution in [3.63, 3.8) is 0 Å². The van der Waals surface area contributed by atoms with E-state index >= 15 is 0 Å². The summed E-state index contributed by atoms with van der Waals surface area (Å²) in [6.07, 6.45) is 0.142. The first-order valence-corrected chi connectivity index (χ1v) is 7.65. The summed E-state index contributed by atoms with van der Waals surface area (Å²) in [6.45, 7) is 4.02. The fourth-order valence-corrected chi connectivity index (χ4v) is 2.68. The lowest BCUT2D eigenvalue weighted by Crippen LogP contribution is -2.18. The summed E-state index contributed by atoms with van der Waals surface area (Å²) >= 11 is 12.4.